The average Bonchev–Trinajstić information content (AvgIpc) is 2.57. The van der Waals surface area contributed by atoms with E-state index >= 15 is 0 Å². The van der Waals surface area contributed by atoms with Crippen LogP contribution in [0, 0.1) is 0 Å². The largest absolute Gasteiger partial charge is 0.266 e. The first-order chi connectivity index (χ1) is 5.41. The van der Waals surface area contributed by atoms with Gasteiger partial charge in [-0.15, -0.1) is 5.10 Å². The third-order valence-corrected chi connectivity index (χ3v) is 1.29. The maximum absolute atomic E-state index is 3.42. The van der Waals surface area contributed by atoms with Crippen LogP contribution in [-0.2, 0) is 0 Å². The first-order valence-corrected chi connectivity index (χ1v) is 4.22. The van der Waals surface area contributed by atoms with Crippen LogP contribution >= 0.6 is 0 Å². The van der Waals surface area contributed by atoms with E-state index in [1.54, 1.807) is 12.4 Å². The van der Waals surface area contributed by atoms with Crippen molar-refractivity contribution in [1.29, 1.82) is 0 Å². The molecule has 64 valence electrons. The van der Waals surface area contributed by atoms with E-state index in [2.05, 4.69) is 29.3 Å². The van der Waals surface area contributed by atoms with Gasteiger partial charge in [-0.25, -0.2) is 0 Å². The first-order valence-electron chi connectivity index (χ1n) is 4.22. The lowest BCUT2D eigenvalue weighted by molar-refractivity contribution is 0.702. The summed E-state index contributed by atoms with van der Waals surface area (Å²) in [6, 6.07) is 0. The number of H-pyrrole nitrogens is 1. The van der Waals surface area contributed by atoms with Crippen molar-refractivity contribution >= 4 is 0 Å². The summed E-state index contributed by atoms with van der Waals surface area (Å²) in [7, 11) is 0. The van der Waals surface area contributed by atoms with Crippen LogP contribution in [0.15, 0.2) is 12.4 Å². The fourth-order valence-corrected chi connectivity index (χ4v) is 0.667. The molecular formula is C8H17N3. The third-order valence-electron chi connectivity index (χ3n) is 1.29. The van der Waals surface area contributed by atoms with Crippen molar-refractivity contribution in [2.24, 2.45) is 0 Å². The van der Waals surface area contributed by atoms with Crippen molar-refractivity contribution in [1.82, 2.24) is 15.4 Å². The zero-order valence-electron chi connectivity index (χ0n) is 7.38. The molecular weight excluding hydrogens is 138 g/mol. The molecule has 1 rings (SSSR count). The molecule has 0 aliphatic rings. The molecule has 0 bridgehead atoms. The molecule has 1 N–H and O–H groups in total. The van der Waals surface area contributed by atoms with Crippen LogP contribution in [0.5, 0.6) is 0 Å². The summed E-state index contributed by atoms with van der Waals surface area (Å²) in [6.07, 6.45) is 8.77. The molecule has 0 saturated heterocycles. The molecule has 0 atom stereocenters. The van der Waals surface area contributed by atoms with Crippen LogP contribution in [0.3, 0.4) is 0 Å². The van der Waals surface area contributed by atoms with Crippen LogP contribution < -0.4 is 0 Å². The lowest BCUT2D eigenvalue weighted by Gasteiger charge is -1.86. The molecule has 3 nitrogen and oxygen atoms in total. The Hall–Kier alpha value is -0.860. The van der Waals surface area contributed by atoms with Gasteiger partial charge in [-0.3, -0.25) is 5.10 Å². The normalized spacial score (nSPS) is 8.55. The van der Waals surface area contributed by atoms with Gasteiger partial charge in [0, 0.05) is 6.20 Å². The average molecular weight is 155 g/mol. The summed E-state index contributed by atoms with van der Waals surface area (Å²) < 4.78 is 0. The Morgan fingerprint density at radius 3 is 2.00 bits per heavy atom. The minimum absolute atomic E-state index is 1.36. The van der Waals surface area contributed by atoms with Gasteiger partial charge in [0.1, 0.15) is 0 Å². The van der Waals surface area contributed by atoms with Gasteiger partial charge in [-0.1, -0.05) is 44.7 Å². The quantitative estimate of drug-likeness (QED) is 0.681. The molecule has 0 aromatic carbocycles. The highest BCUT2D eigenvalue weighted by Crippen LogP contribution is 1.95. The molecule has 11 heavy (non-hydrogen) atoms. The van der Waals surface area contributed by atoms with Crippen molar-refractivity contribution < 1.29 is 0 Å². The van der Waals surface area contributed by atoms with Gasteiger partial charge >= 0.3 is 0 Å². The molecule has 0 radical (unpaired) electrons. The van der Waals surface area contributed by atoms with Gasteiger partial charge in [-0.2, -0.15) is 0 Å². The number of aromatic amines is 1. The zero-order chi connectivity index (χ0) is 8.36. The van der Waals surface area contributed by atoms with Gasteiger partial charge in [0.2, 0.25) is 0 Å². The molecule has 0 saturated carbocycles. The molecule has 3 heteroatoms. The molecule has 0 aliphatic carbocycles. The molecule has 1 aromatic heterocycles. The SMILES string of the molecule is CCCCCC.c1c[nH]nn1. The zero-order valence-corrected chi connectivity index (χ0v) is 7.38. The topological polar surface area (TPSA) is 41.6 Å². The summed E-state index contributed by atoms with van der Waals surface area (Å²) in [4.78, 5) is 0. The maximum atomic E-state index is 3.42. The number of unbranched alkanes of at least 4 members (excludes halogenated alkanes) is 3. The standard InChI is InChI=1S/C6H14.C2H3N3/c1-3-5-6-4-2;1-2-4-5-3-1/h3-6H2,1-2H3;1-2H,(H,3,4,5). The van der Waals surface area contributed by atoms with E-state index in [0.717, 1.165) is 0 Å². The fourth-order valence-electron chi connectivity index (χ4n) is 0.667. The Kier molecular flexibility index (Phi) is 8.43. The van der Waals surface area contributed by atoms with Crippen LogP contribution in [0.25, 0.3) is 0 Å². The van der Waals surface area contributed by atoms with Gasteiger partial charge in [0.25, 0.3) is 0 Å². The van der Waals surface area contributed by atoms with E-state index in [1.165, 1.54) is 25.7 Å². The van der Waals surface area contributed by atoms with Gasteiger partial charge in [0.15, 0.2) is 0 Å². The number of nitrogens with zero attached hydrogens (tertiary/aromatic N) is 2. The van der Waals surface area contributed by atoms with E-state index in [0.29, 0.717) is 0 Å². The monoisotopic (exact) mass is 155 g/mol. The summed E-state index contributed by atoms with van der Waals surface area (Å²) in [6.45, 7) is 4.46. The molecule has 1 aromatic rings. The van der Waals surface area contributed by atoms with Gasteiger partial charge < -0.3 is 0 Å². The van der Waals surface area contributed by atoms with Crippen LogP contribution in [0.1, 0.15) is 39.5 Å². The Morgan fingerprint density at radius 1 is 1.18 bits per heavy atom. The lowest BCUT2D eigenvalue weighted by atomic mass is 10.2. The number of hydrogen-bond donors (Lipinski definition) is 1. The van der Waals surface area contributed by atoms with E-state index in [4.69, 9.17) is 0 Å². The Bertz CT molecular complexity index is 105. The number of nitrogens with one attached hydrogen (secondary N) is 1. The molecule has 0 aliphatic heterocycles. The van der Waals surface area contributed by atoms with Crippen LogP contribution in [0.4, 0.5) is 0 Å². The summed E-state index contributed by atoms with van der Waals surface area (Å²) in [5.74, 6) is 0. The minimum atomic E-state index is 1.36. The predicted molar refractivity (Wildman–Crippen MR) is 46.2 cm³/mol. The van der Waals surface area contributed by atoms with E-state index in [-0.39, 0.29) is 0 Å². The highest BCUT2D eigenvalue weighted by atomic mass is 15.3. The minimum Gasteiger partial charge on any atom is -0.266 e. The second kappa shape index (κ2) is 9.14. The van der Waals surface area contributed by atoms with Crippen LogP contribution in [-0.4, -0.2) is 15.4 Å². The van der Waals surface area contributed by atoms with Crippen molar-refractivity contribution in [3.8, 4) is 0 Å². The second-order valence-corrected chi connectivity index (χ2v) is 2.37. The summed E-state index contributed by atoms with van der Waals surface area (Å²) in [5.41, 5.74) is 0. The fraction of sp³-hybridized carbons (Fsp3) is 0.750. The molecule has 0 spiro atoms. The second-order valence-electron chi connectivity index (χ2n) is 2.37. The van der Waals surface area contributed by atoms with Gasteiger partial charge in [-0.05, 0) is 0 Å². The Morgan fingerprint density at radius 2 is 1.82 bits per heavy atom. The predicted octanol–water partition coefficient (Wildman–Crippen LogP) is 2.39. The molecule has 0 fully saturated rings. The maximum Gasteiger partial charge on any atom is 0.0690 e. The highest BCUT2D eigenvalue weighted by Gasteiger charge is 1.75. The van der Waals surface area contributed by atoms with Crippen molar-refractivity contribution in [3.63, 3.8) is 0 Å². The number of hydrogen-bond acceptors (Lipinski definition) is 2. The smallest absolute Gasteiger partial charge is 0.0690 e. The molecule has 0 unspecified atom stereocenters. The lowest BCUT2D eigenvalue weighted by Crippen LogP contribution is -1.66. The van der Waals surface area contributed by atoms with Crippen molar-refractivity contribution in [2.45, 2.75) is 39.5 Å². The summed E-state index contributed by atoms with van der Waals surface area (Å²) in [5, 5.41) is 9.26. The van der Waals surface area contributed by atoms with Crippen LogP contribution in [0.2, 0.25) is 0 Å². The molecule has 1 heterocycles. The van der Waals surface area contributed by atoms with E-state index in [1.807, 2.05) is 0 Å². The van der Waals surface area contributed by atoms with E-state index < -0.39 is 0 Å². The van der Waals surface area contributed by atoms with Crippen molar-refractivity contribution in [2.75, 3.05) is 0 Å². The first kappa shape index (κ1) is 10.1. The Labute approximate surface area is 68.2 Å². The Balaban J connectivity index is 0.000000183. The van der Waals surface area contributed by atoms with Crippen molar-refractivity contribution in [3.05, 3.63) is 12.4 Å². The van der Waals surface area contributed by atoms with E-state index in [9.17, 15) is 0 Å². The summed E-state index contributed by atoms with van der Waals surface area (Å²) >= 11 is 0. The van der Waals surface area contributed by atoms with Gasteiger partial charge in [0.05, 0.1) is 6.20 Å². The highest BCUT2D eigenvalue weighted by molar-refractivity contribution is 4.54. The molecule has 0 amide bonds. The number of aromatic nitrogens is 3. The third kappa shape index (κ3) is 9.14. The number of rotatable bonds is 3.